The minimum Gasteiger partial charge on any atom is -0.278 e. The largest absolute Gasteiger partial charge is 0.278 e. The van der Waals surface area contributed by atoms with Crippen LogP contribution >= 0.6 is 31.9 Å². The van der Waals surface area contributed by atoms with Gasteiger partial charge < -0.3 is 0 Å². The number of anilines is 1. The fraction of sp³-hybridized carbons (Fsp3) is 0.0833. The highest BCUT2D eigenvalue weighted by atomic mass is 79.9. The van der Waals surface area contributed by atoms with Crippen LogP contribution in [0.2, 0.25) is 0 Å². The van der Waals surface area contributed by atoms with Crippen LogP contribution in [0.15, 0.2) is 50.5 Å². The lowest BCUT2D eigenvalue weighted by Gasteiger charge is -2.10. The van der Waals surface area contributed by atoms with Crippen molar-refractivity contribution in [2.24, 2.45) is 0 Å². The van der Waals surface area contributed by atoms with Crippen LogP contribution in [0.1, 0.15) is 5.56 Å². The Labute approximate surface area is 128 Å². The maximum atomic E-state index is 12.2. The number of aryl methyl sites for hydroxylation is 1. The van der Waals surface area contributed by atoms with E-state index in [9.17, 15) is 8.42 Å². The predicted molar refractivity (Wildman–Crippen MR) is 81.6 cm³/mol. The molecule has 1 aromatic carbocycles. The number of nitrogens with one attached hydrogen (secondary N) is 1. The first-order chi connectivity index (χ1) is 8.88. The minimum atomic E-state index is -3.64. The summed E-state index contributed by atoms with van der Waals surface area (Å²) in [6.07, 6.45) is 2.83. The molecule has 0 aliphatic rings. The summed E-state index contributed by atoms with van der Waals surface area (Å²) >= 11 is 6.54. The van der Waals surface area contributed by atoms with Crippen LogP contribution in [-0.2, 0) is 10.0 Å². The Kier molecular flexibility index (Phi) is 4.27. The lowest BCUT2D eigenvalue weighted by atomic mass is 10.2. The van der Waals surface area contributed by atoms with Gasteiger partial charge in [-0.25, -0.2) is 8.42 Å². The van der Waals surface area contributed by atoms with Crippen molar-refractivity contribution >= 4 is 47.6 Å². The van der Waals surface area contributed by atoms with Gasteiger partial charge in [0.1, 0.15) is 4.90 Å². The van der Waals surface area contributed by atoms with E-state index in [1.165, 1.54) is 18.5 Å². The molecule has 19 heavy (non-hydrogen) atoms. The summed E-state index contributed by atoms with van der Waals surface area (Å²) < 4.78 is 28.2. The number of rotatable bonds is 3. The number of aromatic nitrogens is 1. The lowest BCUT2D eigenvalue weighted by Crippen LogP contribution is -2.13. The topological polar surface area (TPSA) is 59.1 Å². The molecular weight excluding hydrogens is 396 g/mol. The average molecular weight is 406 g/mol. The van der Waals surface area contributed by atoms with E-state index in [0.29, 0.717) is 14.6 Å². The number of sulfonamides is 1. The van der Waals surface area contributed by atoms with Crippen molar-refractivity contribution in [3.05, 3.63) is 51.2 Å². The van der Waals surface area contributed by atoms with E-state index < -0.39 is 10.0 Å². The van der Waals surface area contributed by atoms with E-state index in [-0.39, 0.29) is 4.90 Å². The van der Waals surface area contributed by atoms with E-state index in [4.69, 9.17) is 0 Å². The molecule has 0 atom stereocenters. The molecule has 2 rings (SSSR count). The van der Waals surface area contributed by atoms with E-state index in [1.54, 1.807) is 6.07 Å². The number of pyridine rings is 1. The fourth-order valence-corrected chi connectivity index (χ4v) is 3.75. The molecule has 100 valence electrons. The number of hydrogen-bond donors (Lipinski definition) is 1. The molecule has 0 fully saturated rings. The van der Waals surface area contributed by atoms with Gasteiger partial charge in [-0.3, -0.25) is 9.71 Å². The summed E-state index contributed by atoms with van der Waals surface area (Å²) in [4.78, 5) is 3.96. The molecule has 1 aromatic heterocycles. The Hall–Kier alpha value is -0.920. The van der Waals surface area contributed by atoms with Crippen molar-refractivity contribution in [3.8, 4) is 0 Å². The quantitative estimate of drug-likeness (QED) is 0.846. The molecule has 0 bridgehead atoms. The normalized spacial score (nSPS) is 11.3. The zero-order chi connectivity index (χ0) is 14.0. The van der Waals surface area contributed by atoms with Crippen molar-refractivity contribution < 1.29 is 8.42 Å². The molecule has 7 heteroatoms. The Morgan fingerprint density at radius 3 is 2.53 bits per heavy atom. The maximum absolute atomic E-state index is 12.2. The van der Waals surface area contributed by atoms with Gasteiger partial charge in [0.05, 0.1) is 5.69 Å². The van der Waals surface area contributed by atoms with Gasteiger partial charge in [0.2, 0.25) is 0 Å². The number of halogens is 2. The zero-order valence-corrected chi connectivity index (χ0v) is 13.9. The highest BCUT2D eigenvalue weighted by Gasteiger charge is 2.16. The van der Waals surface area contributed by atoms with Crippen LogP contribution in [0.25, 0.3) is 0 Å². The second kappa shape index (κ2) is 5.60. The van der Waals surface area contributed by atoms with Gasteiger partial charge in [0.25, 0.3) is 10.0 Å². The number of nitrogens with zero attached hydrogens (tertiary/aromatic N) is 1. The molecule has 0 spiro atoms. The molecule has 0 aliphatic heterocycles. The van der Waals surface area contributed by atoms with Crippen LogP contribution in [-0.4, -0.2) is 13.4 Å². The Morgan fingerprint density at radius 2 is 1.89 bits per heavy atom. The summed E-state index contributed by atoms with van der Waals surface area (Å²) in [6.45, 7) is 1.93. The maximum Gasteiger partial charge on any atom is 0.263 e. The third-order valence-corrected chi connectivity index (χ3v) is 4.78. The predicted octanol–water partition coefficient (Wildman–Crippen LogP) is 3.72. The van der Waals surface area contributed by atoms with Crippen LogP contribution < -0.4 is 4.72 Å². The number of hydrogen-bond acceptors (Lipinski definition) is 3. The summed E-state index contributed by atoms with van der Waals surface area (Å²) in [6, 6.07) is 6.89. The molecule has 1 heterocycles. The van der Waals surface area contributed by atoms with E-state index >= 15 is 0 Å². The molecule has 0 unspecified atom stereocenters. The molecular formula is C12H10Br2N2O2S. The van der Waals surface area contributed by atoms with Crippen molar-refractivity contribution in [2.75, 3.05) is 4.72 Å². The first-order valence-corrected chi connectivity index (χ1v) is 8.35. The first-order valence-electron chi connectivity index (χ1n) is 5.28. The van der Waals surface area contributed by atoms with Gasteiger partial charge in [-0.15, -0.1) is 0 Å². The second-order valence-corrected chi connectivity index (χ2v) is 7.38. The molecule has 4 nitrogen and oxygen atoms in total. The summed E-state index contributed by atoms with van der Waals surface area (Å²) in [7, 11) is -3.64. The molecule has 0 saturated heterocycles. The van der Waals surface area contributed by atoms with Gasteiger partial charge in [-0.05, 0) is 62.5 Å². The van der Waals surface area contributed by atoms with Crippen molar-refractivity contribution in [3.63, 3.8) is 0 Å². The van der Waals surface area contributed by atoms with Gasteiger partial charge >= 0.3 is 0 Å². The fourth-order valence-electron chi connectivity index (χ4n) is 1.45. The van der Waals surface area contributed by atoms with Crippen LogP contribution in [0, 0.1) is 6.92 Å². The minimum absolute atomic E-state index is 0.106. The smallest absolute Gasteiger partial charge is 0.263 e. The average Bonchev–Trinajstić information content (AvgIpc) is 2.33. The van der Waals surface area contributed by atoms with Crippen LogP contribution in [0.5, 0.6) is 0 Å². The van der Waals surface area contributed by atoms with Crippen LogP contribution in [0.4, 0.5) is 5.69 Å². The molecule has 0 aliphatic carbocycles. The van der Waals surface area contributed by atoms with Crippen LogP contribution in [0.3, 0.4) is 0 Å². The summed E-state index contributed by atoms with van der Waals surface area (Å²) in [5.41, 5.74) is 1.53. The second-order valence-electron chi connectivity index (χ2n) is 3.93. The molecule has 0 amide bonds. The zero-order valence-electron chi connectivity index (χ0n) is 9.89. The summed E-state index contributed by atoms with van der Waals surface area (Å²) in [5, 5.41) is 0. The van der Waals surface area contributed by atoms with Crippen molar-refractivity contribution in [1.29, 1.82) is 0 Å². The molecule has 1 N–H and O–H groups in total. The SMILES string of the molecule is Cc1ccc(NS(=O)(=O)c2cncc(Br)c2)c(Br)c1. The lowest BCUT2D eigenvalue weighted by molar-refractivity contribution is 0.600. The Bertz CT molecular complexity index is 717. The third kappa shape index (κ3) is 3.55. The first kappa shape index (κ1) is 14.5. The van der Waals surface area contributed by atoms with Gasteiger partial charge in [0.15, 0.2) is 0 Å². The Morgan fingerprint density at radius 1 is 1.16 bits per heavy atom. The van der Waals surface area contributed by atoms with Gasteiger partial charge in [-0.2, -0.15) is 0 Å². The molecule has 0 radical (unpaired) electrons. The van der Waals surface area contributed by atoms with Gasteiger partial charge in [-0.1, -0.05) is 6.07 Å². The van der Waals surface area contributed by atoms with Crippen molar-refractivity contribution in [2.45, 2.75) is 11.8 Å². The molecule has 0 saturated carbocycles. The monoisotopic (exact) mass is 404 g/mol. The van der Waals surface area contributed by atoms with E-state index in [2.05, 4.69) is 41.6 Å². The van der Waals surface area contributed by atoms with Gasteiger partial charge in [0, 0.05) is 21.3 Å². The highest BCUT2D eigenvalue weighted by Crippen LogP contribution is 2.26. The standard InChI is InChI=1S/C12H10Br2N2O2S/c1-8-2-3-12(11(14)4-8)16-19(17,18)10-5-9(13)6-15-7-10/h2-7,16H,1H3. The van der Waals surface area contributed by atoms with Crippen molar-refractivity contribution in [1.82, 2.24) is 4.98 Å². The molecule has 2 aromatic rings. The van der Waals surface area contributed by atoms with E-state index in [0.717, 1.165) is 5.56 Å². The summed E-state index contributed by atoms with van der Waals surface area (Å²) in [5.74, 6) is 0. The van der Waals surface area contributed by atoms with E-state index in [1.807, 2.05) is 19.1 Å². The Balaban J connectivity index is 2.36. The highest BCUT2D eigenvalue weighted by molar-refractivity contribution is 9.10. The number of benzene rings is 1. The third-order valence-electron chi connectivity index (χ3n) is 2.36.